The molecule has 1 saturated heterocycles. The molecule has 0 radical (unpaired) electrons. The van der Waals surface area contributed by atoms with Crippen molar-refractivity contribution in [2.24, 2.45) is 4.99 Å². The number of hydrogen-bond acceptors (Lipinski definition) is 3. The van der Waals surface area contributed by atoms with E-state index in [1.54, 1.807) is 6.92 Å². The Morgan fingerprint density at radius 1 is 1.82 bits per heavy atom. The third-order valence-corrected chi connectivity index (χ3v) is 0.989. The van der Waals surface area contributed by atoms with Crippen molar-refractivity contribution in [2.45, 2.75) is 20.0 Å². The fraction of sp³-hybridized carbons (Fsp3) is 0.625. The number of rotatable bonds is 2. The molecule has 62 valence electrons. The summed E-state index contributed by atoms with van der Waals surface area (Å²) >= 11 is 0. The molecule has 0 N–H and O–H groups in total. The average Bonchev–Trinajstić information content (AvgIpc) is 2.76. The molecule has 3 heteroatoms. The van der Waals surface area contributed by atoms with Crippen molar-refractivity contribution in [3.8, 4) is 0 Å². The van der Waals surface area contributed by atoms with Gasteiger partial charge in [0.25, 0.3) is 0 Å². The van der Waals surface area contributed by atoms with Crippen LogP contribution in [0.1, 0.15) is 13.8 Å². The van der Waals surface area contributed by atoms with Crippen LogP contribution in [0.3, 0.4) is 0 Å². The lowest BCUT2D eigenvalue weighted by atomic mass is 10.4. The molecular formula is C8H13NO2. The molecule has 0 aromatic carbocycles. The Morgan fingerprint density at radius 3 is 2.55 bits per heavy atom. The lowest BCUT2D eigenvalue weighted by Gasteiger charge is -1.66. The average molecular weight is 155 g/mol. The summed E-state index contributed by atoms with van der Waals surface area (Å²) in [5, 5.41) is 0. The van der Waals surface area contributed by atoms with Gasteiger partial charge in [0.15, 0.2) is 0 Å². The summed E-state index contributed by atoms with van der Waals surface area (Å²) in [6.07, 6.45) is 5.93. The number of carbonyl (C=O) groups excluding carboxylic acids is 1. The van der Waals surface area contributed by atoms with Crippen LogP contribution in [0.25, 0.3) is 0 Å². The molecule has 1 rings (SSSR count). The molecule has 3 nitrogen and oxygen atoms in total. The third kappa shape index (κ3) is 9.08. The molecular weight excluding hydrogens is 142 g/mol. The molecule has 1 aliphatic rings. The van der Waals surface area contributed by atoms with Gasteiger partial charge < -0.3 is 4.74 Å². The summed E-state index contributed by atoms with van der Waals surface area (Å²) in [4.78, 5) is 12.3. The Labute approximate surface area is 66.8 Å². The normalized spacial score (nSPS) is 20.0. The highest BCUT2D eigenvalue weighted by atomic mass is 16.6. The van der Waals surface area contributed by atoms with E-state index in [-0.39, 0.29) is 0 Å². The van der Waals surface area contributed by atoms with Gasteiger partial charge in [0.05, 0.1) is 12.7 Å². The number of nitrogens with zero attached hydrogens (tertiary/aromatic N) is 1. The molecule has 1 fully saturated rings. The lowest BCUT2D eigenvalue weighted by molar-refractivity contribution is 0.440. The van der Waals surface area contributed by atoms with Crippen LogP contribution in [0.5, 0.6) is 0 Å². The van der Waals surface area contributed by atoms with Gasteiger partial charge in [0, 0.05) is 6.54 Å². The Kier molecular flexibility index (Phi) is 6.59. The standard InChI is InChI=1S/C5H8O.C3H5NO/c1-2-3-5-4-6-5;1-2-4-3-5/h2-3,5H,4H2,1H3;2H2,1H3. The quantitative estimate of drug-likeness (QED) is 0.261. The van der Waals surface area contributed by atoms with Crippen molar-refractivity contribution in [2.75, 3.05) is 13.2 Å². The molecule has 1 atom stereocenters. The molecule has 1 aliphatic heterocycles. The zero-order valence-corrected chi connectivity index (χ0v) is 6.91. The zero-order valence-electron chi connectivity index (χ0n) is 6.91. The molecule has 0 spiro atoms. The van der Waals surface area contributed by atoms with Crippen molar-refractivity contribution in [1.29, 1.82) is 0 Å². The molecule has 0 aromatic heterocycles. The van der Waals surface area contributed by atoms with Crippen molar-refractivity contribution in [3.63, 3.8) is 0 Å². The number of epoxide rings is 1. The van der Waals surface area contributed by atoms with Gasteiger partial charge in [-0.2, -0.15) is 0 Å². The van der Waals surface area contributed by atoms with E-state index < -0.39 is 0 Å². The molecule has 11 heavy (non-hydrogen) atoms. The van der Waals surface area contributed by atoms with Gasteiger partial charge in [0.1, 0.15) is 0 Å². The summed E-state index contributed by atoms with van der Waals surface area (Å²) in [5.41, 5.74) is 0. The molecule has 1 unspecified atom stereocenters. The Morgan fingerprint density at radius 2 is 2.45 bits per heavy atom. The maximum Gasteiger partial charge on any atom is 0.234 e. The minimum atomic E-state index is 0.468. The van der Waals surface area contributed by atoms with Gasteiger partial charge in [-0.15, -0.1) is 0 Å². The van der Waals surface area contributed by atoms with E-state index >= 15 is 0 Å². The predicted molar refractivity (Wildman–Crippen MR) is 43.2 cm³/mol. The first kappa shape index (κ1) is 10.1. The summed E-state index contributed by atoms with van der Waals surface area (Å²) in [7, 11) is 0. The smallest absolute Gasteiger partial charge is 0.234 e. The molecule has 0 amide bonds. The van der Waals surface area contributed by atoms with Crippen LogP contribution in [0, 0.1) is 0 Å². The van der Waals surface area contributed by atoms with Crippen LogP contribution in [0.15, 0.2) is 17.1 Å². The van der Waals surface area contributed by atoms with Crippen molar-refractivity contribution in [3.05, 3.63) is 12.2 Å². The largest absolute Gasteiger partial charge is 0.369 e. The minimum Gasteiger partial charge on any atom is -0.369 e. The Hall–Kier alpha value is -0.920. The lowest BCUT2D eigenvalue weighted by Crippen LogP contribution is -1.68. The fourth-order valence-electron chi connectivity index (χ4n) is 0.446. The number of aliphatic imine (C=N–C) groups is 1. The molecule has 0 aliphatic carbocycles. The summed E-state index contributed by atoms with van der Waals surface area (Å²) in [5.74, 6) is 0. The number of allylic oxidation sites excluding steroid dienone is 1. The SMILES string of the molecule is CC=CC1CO1.CCN=C=O. The number of ether oxygens (including phenoxy) is 1. The van der Waals surface area contributed by atoms with E-state index in [9.17, 15) is 0 Å². The second kappa shape index (κ2) is 7.19. The van der Waals surface area contributed by atoms with Gasteiger partial charge >= 0.3 is 0 Å². The van der Waals surface area contributed by atoms with E-state index in [4.69, 9.17) is 9.53 Å². The second-order valence-electron chi connectivity index (χ2n) is 1.96. The van der Waals surface area contributed by atoms with E-state index in [0.29, 0.717) is 12.6 Å². The topological polar surface area (TPSA) is 42.0 Å². The highest BCUT2D eigenvalue weighted by molar-refractivity contribution is 5.32. The molecule has 0 aromatic rings. The predicted octanol–water partition coefficient (Wildman–Crippen LogP) is 1.30. The van der Waals surface area contributed by atoms with Gasteiger partial charge in [-0.25, -0.2) is 9.79 Å². The second-order valence-corrected chi connectivity index (χ2v) is 1.96. The van der Waals surface area contributed by atoms with Crippen LogP contribution >= 0.6 is 0 Å². The van der Waals surface area contributed by atoms with Gasteiger partial charge in [-0.1, -0.05) is 12.2 Å². The number of hydrogen-bond donors (Lipinski definition) is 0. The molecule has 0 saturated carbocycles. The summed E-state index contributed by atoms with van der Waals surface area (Å²) in [6, 6.07) is 0. The van der Waals surface area contributed by atoms with E-state index in [2.05, 4.69) is 11.1 Å². The van der Waals surface area contributed by atoms with Crippen molar-refractivity contribution in [1.82, 2.24) is 0 Å². The van der Waals surface area contributed by atoms with Crippen molar-refractivity contribution >= 4 is 6.08 Å². The molecule has 0 bridgehead atoms. The Bertz CT molecular complexity index is 155. The van der Waals surface area contributed by atoms with Gasteiger partial charge in [0.2, 0.25) is 6.08 Å². The summed E-state index contributed by atoms with van der Waals surface area (Å²) < 4.78 is 4.86. The first-order valence-electron chi connectivity index (χ1n) is 3.63. The highest BCUT2D eigenvalue weighted by Crippen LogP contribution is 2.08. The van der Waals surface area contributed by atoms with Crippen LogP contribution in [-0.4, -0.2) is 25.3 Å². The maximum absolute atomic E-state index is 9.11. The van der Waals surface area contributed by atoms with E-state index in [1.165, 1.54) is 6.08 Å². The Balaban J connectivity index is 0.000000187. The minimum absolute atomic E-state index is 0.468. The van der Waals surface area contributed by atoms with E-state index in [1.807, 2.05) is 13.0 Å². The van der Waals surface area contributed by atoms with Gasteiger partial charge in [-0.3, -0.25) is 0 Å². The fourth-order valence-corrected chi connectivity index (χ4v) is 0.446. The van der Waals surface area contributed by atoms with Crippen LogP contribution in [-0.2, 0) is 9.53 Å². The first-order chi connectivity index (χ1) is 5.35. The first-order valence-corrected chi connectivity index (χ1v) is 3.63. The highest BCUT2D eigenvalue weighted by Gasteiger charge is 2.16. The van der Waals surface area contributed by atoms with Crippen LogP contribution in [0.4, 0.5) is 0 Å². The van der Waals surface area contributed by atoms with Crippen LogP contribution < -0.4 is 0 Å². The third-order valence-electron chi connectivity index (χ3n) is 0.989. The van der Waals surface area contributed by atoms with E-state index in [0.717, 1.165) is 6.61 Å². The van der Waals surface area contributed by atoms with Gasteiger partial charge in [-0.05, 0) is 13.8 Å². The maximum atomic E-state index is 9.11. The molecule has 1 heterocycles. The monoisotopic (exact) mass is 155 g/mol. The number of isocyanates is 1. The van der Waals surface area contributed by atoms with Crippen molar-refractivity contribution < 1.29 is 9.53 Å². The zero-order chi connectivity index (χ0) is 8.53. The van der Waals surface area contributed by atoms with Crippen LogP contribution in [0.2, 0.25) is 0 Å². The summed E-state index contributed by atoms with van der Waals surface area (Å²) in [6.45, 7) is 5.26.